The van der Waals surface area contributed by atoms with E-state index in [2.05, 4.69) is 37.4 Å². The van der Waals surface area contributed by atoms with E-state index >= 15 is 0 Å². The first-order valence-electron chi connectivity index (χ1n) is 6.99. The predicted octanol–water partition coefficient (Wildman–Crippen LogP) is 3.33. The van der Waals surface area contributed by atoms with Gasteiger partial charge in [0, 0.05) is 10.6 Å². The highest BCUT2D eigenvalue weighted by molar-refractivity contribution is 7.99. The fourth-order valence-electron chi connectivity index (χ4n) is 1.80. The van der Waals surface area contributed by atoms with Gasteiger partial charge in [0.25, 0.3) is 0 Å². The summed E-state index contributed by atoms with van der Waals surface area (Å²) >= 11 is 1.77. The zero-order valence-electron chi connectivity index (χ0n) is 13.1. The van der Waals surface area contributed by atoms with Crippen LogP contribution in [0.3, 0.4) is 0 Å². The maximum absolute atomic E-state index is 11.9. The molecule has 0 saturated carbocycles. The number of aryl methyl sites for hydroxylation is 2. The van der Waals surface area contributed by atoms with Gasteiger partial charge in [-0.2, -0.15) is 0 Å². The number of thioether (sulfide) groups is 1. The van der Waals surface area contributed by atoms with Gasteiger partial charge in [0.15, 0.2) is 0 Å². The molecule has 1 atom stereocenters. The molecular formula is C16H25NO2S. The lowest BCUT2D eigenvalue weighted by atomic mass is 10.00. The molecule has 0 amide bonds. The van der Waals surface area contributed by atoms with Crippen LogP contribution in [0.15, 0.2) is 23.1 Å². The highest BCUT2D eigenvalue weighted by atomic mass is 32.2. The zero-order chi connectivity index (χ0) is 15.2. The molecular weight excluding hydrogens is 270 g/mol. The van der Waals surface area contributed by atoms with Crippen LogP contribution in [0, 0.1) is 13.8 Å². The molecule has 1 N–H and O–H groups in total. The van der Waals surface area contributed by atoms with Crippen molar-refractivity contribution in [3.05, 3.63) is 29.3 Å². The topological polar surface area (TPSA) is 38.3 Å². The average molecular weight is 295 g/mol. The Kier molecular flexibility index (Phi) is 6.56. The maximum atomic E-state index is 11.9. The van der Waals surface area contributed by atoms with E-state index < -0.39 is 5.54 Å². The van der Waals surface area contributed by atoms with E-state index in [1.54, 1.807) is 18.8 Å². The van der Waals surface area contributed by atoms with Crippen molar-refractivity contribution in [1.82, 2.24) is 5.32 Å². The van der Waals surface area contributed by atoms with Gasteiger partial charge in [0.05, 0.1) is 6.61 Å². The number of benzene rings is 1. The Balaban J connectivity index is 2.56. The lowest BCUT2D eigenvalue weighted by Gasteiger charge is -2.26. The number of rotatable bonds is 7. The number of nitrogens with one attached hydrogen (secondary N) is 1. The lowest BCUT2D eigenvalue weighted by Crippen LogP contribution is -2.49. The molecule has 112 valence electrons. The van der Waals surface area contributed by atoms with E-state index in [1.165, 1.54) is 16.0 Å². The van der Waals surface area contributed by atoms with E-state index in [0.717, 1.165) is 12.2 Å². The molecule has 0 aromatic heterocycles. The molecule has 0 aliphatic heterocycles. The number of hydrogen-bond donors (Lipinski definition) is 1. The first-order chi connectivity index (χ1) is 9.42. The first kappa shape index (κ1) is 17.1. The summed E-state index contributed by atoms with van der Waals surface area (Å²) in [4.78, 5) is 13.2. The maximum Gasteiger partial charge on any atom is 0.326 e. The number of carbonyl (C=O) groups excluding carboxylic acids is 1. The van der Waals surface area contributed by atoms with Gasteiger partial charge >= 0.3 is 5.97 Å². The van der Waals surface area contributed by atoms with Crippen LogP contribution < -0.4 is 5.32 Å². The summed E-state index contributed by atoms with van der Waals surface area (Å²) in [7, 11) is 1.80. The van der Waals surface area contributed by atoms with Crippen molar-refractivity contribution in [3.8, 4) is 0 Å². The van der Waals surface area contributed by atoms with Crippen molar-refractivity contribution in [3.63, 3.8) is 0 Å². The molecule has 0 radical (unpaired) electrons. The minimum atomic E-state index is -0.608. The molecule has 1 aromatic rings. The molecule has 0 aliphatic carbocycles. The fraction of sp³-hybridized carbons (Fsp3) is 0.562. The number of ether oxygens (including phenoxy) is 1. The van der Waals surface area contributed by atoms with Crippen LogP contribution >= 0.6 is 11.8 Å². The van der Waals surface area contributed by atoms with Crippen LogP contribution in [-0.2, 0) is 9.53 Å². The van der Waals surface area contributed by atoms with E-state index in [9.17, 15) is 4.79 Å². The van der Waals surface area contributed by atoms with Gasteiger partial charge in [0.1, 0.15) is 5.54 Å². The Morgan fingerprint density at radius 1 is 1.35 bits per heavy atom. The van der Waals surface area contributed by atoms with Gasteiger partial charge in [-0.3, -0.25) is 4.79 Å². The normalized spacial score (nSPS) is 13.8. The zero-order valence-corrected chi connectivity index (χ0v) is 13.9. The Morgan fingerprint density at radius 3 is 2.60 bits per heavy atom. The van der Waals surface area contributed by atoms with Crippen LogP contribution in [0.2, 0.25) is 0 Å². The van der Waals surface area contributed by atoms with Gasteiger partial charge in [0.2, 0.25) is 0 Å². The Morgan fingerprint density at radius 2 is 2.05 bits per heavy atom. The summed E-state index contributed by atoms with van der Waals surface area (Å²) in [5.41, 5.74) is 2.00. The molecule has 3 nitrogen and oxygen atoms in total. The average Bonchev–Trinajstić information content (AvgIpc) is 2.42. The molecule has 1 rings (SSSR count). The molecule has 0 heterocycles. The SMILES string of the molecule is CCOC(=O)C(C)(CCSc1ccc(C)c(C)c1)NC. The van der Waals surface area contributed by atoms with Crippen LogP contribution in [0.5, 0.6) is 0 Å². The minimum absolute atomic E-state index is 0.178. The summed E-state index contributed by atoms with van der Waals surface area (Å²) in [5, 5.41) is 3.08. The monoisotopic (exact) mass is 295 g/mol. The molecule has 1 aromatic carbocycles. The second kappa shape index (κ2) is 7.70. The van der Waals surface area contributed by atoms with Crippen molar-refractivity contribution in [1.29, 1.82) is 0 Å². The number of carbonyl (C=O) groups is 1. The van der Waals surface area contributed by atoms with Gasteiger partial charge in [-0.05, 0) is 64.4 Å². The largest absolute Gasteiger partial charge is 0.465 e. The van der Waals surface area contributed by atoms with E-state index in [4.69, 9.17) is 4.74 Å². The molecule has 0 saturated heterocycles. The fourth-order valence-corrected chi connectivity index (χ4v) is 2.97. The number of likely N-dealkylation sites (N-methyl/N-ethyl adjacent to an activating group) is 1. The van der Waals surface area contributed by atoms with Crippen molar-refractivity contribution in [2.75, 3.05) is 19.4 Å². The Bertz CT molecular complexity index is 462. The second-order valence-electron chi connectivity index (χ2n) is 5.15. The third-order valence-corrected chi connectivity index (χ3v) is 4.62. The third-order valence-electron chi connectivity index (χ3n) is 3.63. The molecule has 0 fully saturated rings. The van der Waals surface area contributed by atoms with Gasteiger partial charge in [-0.15, -0.1) is 11.8 Å². The van der Waals surface area contributed by atoms with Crippen molar-refractivity contribution in [2.45, 2.75) is 44.6 Å². The number of hydrogen-bond acceptors (Lipinski definition) is 4. The Labute approximate surface area is 126 Å². The summed E-state index contributed by atoms with van der Waals surface area (Å²) < 4.78 is 5.12. The smallest absolute Gasteiger partial charge is 0.326 e. The molecule has 0 aliphatic rings. The van der Waals surface area contributed by atoms with E-state index in [-0.39, 0.29) is 5.97 Å². The van der Waals surface area contributed by atoms with Crippen LogP contribution in [0.1, 0.15) is 31.4 Å². The van der Waals surface area contributed by atoms with E-state index in [0.29, 0.717) is 6.61 Å². The van der Waals surface area contributed by atoms with Gasteiger partial charge in [-0.1, -0.05) is 6.07 Å². The molecule has 1 unspecified atom stereocenters. The first-order valence-corrected chi connectivity index (χ1v) is 7.97. The minimum Gasteiger partial charge on any atom is -0.465 e. The van der Waals surface area contributed by atoms with E-state index in [1.807, 2.05) is 13.8 Å². The molecule has 0 spiro atoms. The third kappa shape index (κ3) is 4.53. The standard InChI is InChI=1S/C16H25NO2S/c1-6-19-15(18)16(4,17-5)9-10-20-14-8-7-12(2)13(3)11-14/h7-8,11,17H,6,9-10H2,1-5H3. The molecule has 4 heteroatoms. The summed E-state index contributed by atoms with van der Waals surface area (Å²) in [6.07, 6.45) is 0.736. The lowest BCUT2D eigenvalue weighted by molar-refractivity contribution is -0.150. The van der Waals surface area contributed by atoms with Crippen LogP contribution in [0.25, 0.3) is 0 Å². The Hall–Kier alpha value is -1.00. The van der Waals surface area contributed by atoms with Gasteiger partial charge < -0.3 is 10.1 Å². The van der Waals surface area contributed by atoms with Crippen LogP contribution in [-0.4, -0.2) is 30.9 Å². The molecule has 20 heavy (non-hydrogen) atoms. The van der Waals surface area contributed by atoms with Gasteiger partial charge in [-0.25, -0.2) is 0 Å². The van der Waals surface area contributed by atoms with Crippen LogP contribution in [0.4, 0.5) is 0 Å². The highest BCUT2D eigenvalue weighted by Gasteiger charge is 2.32. The summed E-state index contributed by atoms with van der Waals surface area (Å²) in [6.45, 7) is 8.38. The van der Waals surface area contributed by atoms with Crippen molar-refractivity contribution >= 4 is 17.7 Å². The predicted molar refractivity (Wildman–Crippen MR) is 85.4 cm³/mol. The number of esters is 1. The molecule has 0 bridgehead atoms. The second-order valence-corrected chi connectivity index (χ2v) is 6.32. The summed E-state index contributed by atoms with van der Waals surface area (Å²) in [5.74, 6) is 0.696. The summed E-state index contributed by atoms with van der Waals surface area (Å²) in [6, 6.07) is 6.47. The highest BCUT2D eigenvalue weighted by Crippen LogP contribution is 2.24. The quantitative estimate of drug-likeness (QED) is 0.618. The van der Waals surface area contributed by atoms with Crippen molar-refractivity contribution in [2.24, 2.45) is 0 Å². The van der Waals surface area contributed by atoms with Crippen molar-refractivity contribution < 1.29 is 9.53 Å².